The molecule has 0 amide bonds. The summed E-state index contributed by atoms with van der Waals surface area (Å²) in [5.41, 5.74) is 8.47. The second-order valence-corrected chi connectivity index (χ2v) is 5.88. The van der Waals surface area contributed by atoms with E-state index >= 15 is 0 Å². The molecule has 0 atom stereocenters. The van der Waals surface area contributed by atoms with E-state index < -0.39 is 0 Å². The molecule has 1 heterocycles. The van der Waals surface area contributed by atoms with Crippen molar-refractivity contribution in [3.05, 3.63) is 23.8 Å². The number of piperidine rings is 1. The van der Waals surface area contributed by atoms with Crippen molar-refractivity contribution in [1.82, 2.24) is 4.90 Å². The molecule has 0 bridgehead atoms. The van der Waals surface area contributed by atoms with Crippen molar-refractivity contribution in [2.24, 2.45) is 5.41 Å². The van der Waals surface area contributed by atoms with Crippen LogP contribution in [0, 0.1) is 16.7 Å². The van der Waals surface area contributed by atoms with E-state index in [2.05, 4.69) is 30.3 Å². The van der Waals surface area contributed by atoms with E-state index in [1.54, 1.807) is 12.1 Å². The smallest absolute Gasteiger partial charge is 0.0992 e. The van der Waals surface area contributed by atoms with E-state index in [1.165, 1.54) is 12.8 Å². The highest BCUT2D eigenvalue weighted by atomic mass is 15.1. The fraction of sp³-hybridized carbons (Fsp3) is 0.533. The summed E-state index contributed by atoms with van der Waals surface area (Å²) in [5, 5.41) is 12.3. The minimum atomic E-state index is 0.307. The molecule has 1 aliphatic rings. The van der Waals surface area contributed by atoms with Crippen LogP contribution >= 0.6 is 0 Å². The third-order valence-electron chi connectivity index (χ3n) is 4.08. The standard InChI is InChI=1S/C15H22N4/c1-15(5-7-19(2)8-6-15)11-18-14-9-12(10-16)3-4-13(14)17/h3-4,9,18H,5-8,11,17H2,1-2H3. The van der Waals surface area contributed by atoms with Crippen LogP contribution in [0.25, 0.3) is 0 Å². The van der Waals surface area contributed by atoms with Gasteiger partial charge in [0, 0.05) is 6.54 Å². The fourth-order valence-corrected chi connectivity index (χ4v) is 2.42. The summed E-state index contributed by atoms with van der Waals surface area (Å²) in [6.07, 6.45) is 2.38. The topological polar surface area (TPSA) is 65.1 Å². The number of hydrogen-bond acceptors (Lipinski definition) is 4. The molecule has 19 heavy (non-hydrogen) atoms. The number of rotatable bonds is 3. The van der Waals surface area contributed by atoms with Gasteiger partial charge in [-0.25, -0.2) is 0 Å². The Morgan fingerprint density at radius 3 is 2.74 bits per heavy atom. The van der Waals surface area contributed by atoms with Gasteiger partial charge in [0.1, 0.15) is 0 Å². The molecule has 0 saturated carbocycles. The first kappa shape index (κ1) is 13.7. The number of benzene rings is 1. The van der Waals surface area contributed by atoms with Gasteiger partial charge in [0.15, 0.2) is 0 Å². The van der Waals surface area contributed by atoms with Gasteiger partial charge in [-0.3, -0.25) is 0 Å². The average molecular weight is 258 g/mol. The quantitative estimate of drug-likeness (QED) is 0.816. The molecule has 1 aromatic carbocycles. The molecule has 102 valence electrons. The molecule has 0 unspecified atom stereocenters. The van der Waals surface area contributed by atoms with Crippen molar-refractivity contribution in [2.75, 3.05) is 37.7 Å². The molecule has 1 aromatic rings. The van der Waals surface area contributed by atoms with E-state index in [-0.39, 0.29) is 0 Å². The van der Waals surface area contributed by atoms with Crippen LogP contribution in [0.5, 0.6) is 0 Å². The summed E-state index contributed by atoms with van der Waals surface area (Å²) >= 11 is 0. The van der Waals surface area contributed by atoms with Crippen molar-refractivity contribution in [3.8, 4) is 6.07 Å². The van der Waals surface area contributed by atoms with Gasteiger partial charge >= 0.3 is 0 Å². The van der Waals surface area contributed by atoms with Crippen LogP contribution in [-0.4, -0.2) is 31.6 Å². The van der Waals surface area contributed by atoms with Gasteiger partial charge in [-0.1, -0.05) is 6.92 Å². The summed E-state index contributed by atoms with van der Waals surface area (Å²) in [7, 11) is 2.17. The first-order chi connectivity index (χ1) is 9.02. The lowest BCUT2D eigenvalue weighted by atomic mass is 9.80. The maximum Gasteiger partial charge on any atom is 0.0992 e. The highest BCUT2D eigenvalue weighted by Gasteiger charge is 2.28. The number of hydrogen-bond donors (Lipinski definition) is 2. The second kappa shape index (κ2) is 5.50. The Kier molecular flexibility index (Phi) is 3.96. The second-order valence-electron chi connectivity index (χ2n) is 5.88. The van der Waals surface area contributed by atoms with E-state index in [4.69, 9.17) is 11.0 Å². The van der Waals surface area contributed by atoms with Gasteiger partial charge in [0.2, 0.25) is 0 Å². The highest BCUT2D eigenvalue weighted by molar-refractivity contribution is 5.68. The summed E-state index contributed by atoms with van der Waals surface area (Å²) < 4.78 is 0. The molecule has 2 rings (SSSR count). The molecular weight excluding hydrogens is 236 g/mol. The van der Waals surface area contributed by atoms with E-state index in [9.17, 15) is 0 Å². The first-order valence-corrected chi connectivity index (χ1v) is 6.74. The van der Waals surface area contributed by atoms with Gasteiger partial charge in [-0.2, -0.15) is 5.26 Å². The van der Waals surface area contributed by atoms with E-state index in [0.717, 1.165) is 25.3 Å². The Bertz CT molecular complexity index is 481. The molecular formula is C15H22N4. The lowest BCUT2D eigenvalue weighted by Crippen LogP contribution is -2.40. The Labute approximate surface area is 115 Å². The minimum absolute atomic E-state index is 0.307. The van der Waals surface area contributed by atoms with Crippen LogP contribution in [0.3, 0.4) is 0 Å². The zero-order chi connectivity index (χ0) is 13.9. The number of nitrogens with zero attached hydrogens (tertiary/aromatic N) is 2. The number of nitrogens with one attached hydrogen (secondary N) is 1. The molecule has 1 aliphatic heterocycles. The summed E-state index contributed by atoms with van der Waals surface area (Å²) in [6.45, 7) is 5.51. The summed E-state index contributed by atoms with van der Waals surface area (Å²) in [4.78, 5) is 2.37. The highest BCUT2D eigenvalue weighted by Crippen LogP contribution is 2.31. The molecule has 0 spiro atoms. The van der Waals surface area contributed by atoms with Crippen LogP contribution in [0.4, 0.5) is 11.4 Å². The zero-order valence-electron chi connectivity index (χ0n) is 11.7. The Hall–Kier alpha value is -1.73. The van der Waals surface area contributed by atoms with Crippen molar-refractivity contribution >= 4 is 11.4 Å². The fourth-order valence-electron chi connectivity index (χ4n) is 2.42. The number of nitriles is 1. The third kappa shape index (κ3) is 3.39. The Morgan fingerprint density at radius 2 is 2.11 bits per heavy atom. The third-order valence-corrected chi connectivity index (χ3v) is 4.08. The van der Waals surface area contributed by atoms with Crippen LogP contribution in [0.1, 0.15) is 25.3 Å². The van der Waals surface area contributed by atoms with Crippen LogP contribution in [0.15, 0.2) is 18.2 Å². The van der Waals surface area contributed by atoms with Gasteiger partial charge in [-0.05, 0) is 56.6 Å². The normalized spacial score (nSPS) is 18.8. The minimum Gasteiger partial charge on any atom is -0.397 e. The van der Waals surface area contributed by atoms with Crippen molar-refractivity contribution < 1.29 is 0 Å². The molecule has 4 nitrogen and oxygen atoms in total. The largest absolute Gasteiger partial charge is 0.397 e. The van der Waals surface area contributed by atoms with Crippen LogP contribution in [0.2, 0.25) is 0 Å². The molecule has 0 aromatic heterocycles. The van der Waals surface area contributed by atoms with Gasteiger partial charge < -0.3 is 16.0 Å². The molecule has 1 saturated heterocycles. The predicted molar refractivity (Wildman–Crippen MR) is 78.9 cm³/mol. The van der Waals surface area contributed by atoms with Gasteiger partial charge in [-0.15, -0.1) is 0 Å². The van der Waals surface area contributed by atoms with Crippen molar-refractivity contribution in [2.45, 2.75) is 19.8 Å². The monoisotopic (exact) mass is 258 g/mol. The summed E-state index contributed by atoms with van der Waals surface area (Å²) in [6, 6.07) is 7.51. The molecule has 4 heteroatoms. The van der Waals surface area contributed by atoms with Crippen molar-refractivity contribution in [1.29, 1.82) is 5.26 Å². The molecule has 3 N–H and O–H groups in total. The van der Waals surface area contributed by atoms with E-state index in [1.807, 2.05) is 6.07 Å². The molecule has 1 fully saturated rings. The van der Waals surface area contributed by atoms with Gasteiger partial charge in [0.25, 0.3) is 0 Å². The average Bonchev–Trinajstić information content (AvgIpc) is 2.42. The molecule has 0 radical (unpaired) electrons. The summed E-state index contributed by atoms with van der Waals surface area (Å²) in [5.74, 6) is 0. The van der Waals surface area contributed by atoms with Gasteiger partial charge in [0.05, 0.1) is 23.0 Å². The predicted octanol–water partition coefficient (Wildman–Crippen LogP) is 2.28. The van der Waals surface area contributed by atoms with Crippen LogP contribution < -0.4 is 11.1 Å². The zero-order valence-corrected chi connectivity index (χ0v) is 11.7. The van der Waals surface area contributed by atoms with Crippen molar-refractivity contribution in [3.63, 3.8) is 0 Å². The Balaban J connectivity index is 2.00. The lowest BCUT2D eigenvalue weighted by molar-refractivity contribution is 0.150. The van der Waals surface area contributed by atoms with Crippen LogP contribution in [-0.2, 0) is 0 Å². The SMILES string of the molecule is CN1CCC(C)(CNc2cc(C#N)ccc2N)CC1. The lowest BCUT2D eigenvalue weighted by Gasteiger charge is -2.38. The first-order valence-electron chi connectivity index (χ1n) is 6.74. The number of likely N-dealkylation sites (tertiary alicyclic amines) is 1. The Morgan fingerprint density at radius 1 is 1.42 bits per heavy atom. The number of anilines is 2. The number of nitrogen functional groups attached to an aromatic ring is 1. The molecule has 0 aliphatic carbocycles. The maximum atomic E-state index is 8.93. The van der Waals surface area contributed by atoms with E-state index in [0.29, 0.717) is 16.7 Å². The number of nitrogens with two attached hydrogens (primary N) is 1. The maximum absolute atomic E-state index is 8.93.